The fourth-order valence-electron chi connectivity index (χ4n) is 2.66. The van der Waals surface area contributed by atoms with E-state index in [1.54, 1.807) is 31.2 Å². The average Bonchev–Trinajstić information content (AvgIpc) is 3.04. The summed E-state index contributed by atoms with van der Waals surface area (Å²) in [5.74, 6) is 0.462. The number of thioether (sulfide) groups is 1. The monoisotopic (exact) mass is 410 g/mol. The van der Waals surface area contributed by atoms with Crippen LogP contribution in [0.15, 0.2) is 64.0 Å². The summed E-state index contributed by atoms with van der Waals surface area (Å²) >= 11 is 1.50. The predicted octanol–water partition coefficient (Wildman–Crippen LogP) is 4.77. The van der Waals surface area contributed by atoms with Gasteiger partial charge in [-0.05, 0) is 45.0 Å². The molecule has 2 aromatic carbocycles. The molecule has 0 fully saturated rings. The normalized spacial score (nSPS) is 11.7. The number of hydrogen-bond acceptors (Lipinski definition) is 6. The number of amides is 1. The van der Waals surface area contributed by atoms with Crippen molar-refractivity contribution in [2.75, 3.05) is 5.32 Å². The van der Waals surface area contributed by atoms with Gasteiger partial charge in [-0.15, -0.1) is 11.8 Å². The Morgan fingerprint density at radius 2 is 1.79 bits per heavy atom. The highest BCUT2D eigenvalue weighted by atomic mass is 32.2. The molecule has 0 saturated heterocycles. The van der Waals surface area contributed by atoms with Gasteiger partial charge in [-0.3, -0.25) is 4.79 Å². The molecule has 0 spiro atoms. The van der Waals surface area contributed by atoms with E-state index in [4.69, 9.17) is 9.26 Å². The first-order chi connectivity index (χ1) is 14.0. The third-order valence-corrected chi connectivity index (χ3v) is 5.45. The number of para-hydroxylation sites is 1. The van der Waals surface area contributed by atoms with Gasteiger partial charge in [0.2, 0.25) is 0 Å². The quantitative estimate of drug-likeness (QED) is 0.446. The zero-order chi connectivity index (χ0) is 20.8. The maximum absolute atomic E-state index is 12.7. The Kier molecular flexibility index (Phi) is 6.72. The molecular formula is C22H22N2O4S. The molecule has 29 heavy (non-hydrogen) atoms. The van der Waals surface area contributed by atoms with Crippen molar-refractivity contribution >= 4 is 29.3 Å². The molecule has 1 amide bonds. The van der Waals surface area contributed by atoms with E-state index in [1.807, 2.05) is 44.2 Å². The van der Waals surface area contributed by atoms with Crippen LogP contribution >= 0.6 is 11.8 Å². The third kappa shape index (κ3) is 5.26. The molecule has 1 atom stereocenters. The van der Waals surface area contributed by atoms with Gasteiger partial charge in [-0.25, -0.2) is 4.79 Å². The van der Waals surface area contributed by atoms with Crippen LogP contribution in [0.3, 0.4) is 0 Å². The average molecular weight is 410 g/mol. The van der Waals surface area contributed by atoms with Crippen LogP contribution in [0.1, 0.15) is 34.3 Å². The second-order valence-electron chi connectivity index (χ2n) is 6.49. The second kappa shape index (κ2) is 9.43. The smallest absolute Gasteiger partial charge is 0.340 e. The number of nitrogens with zero attached hydrogens (tertiary/aromatic N) is 1. The fraction of sp³-hybridized carbons (Fsp3) is 0.227. The van der Waals surface area contributed by atoms with Gasteiger partial charge in [0.05, 0.1) is 11.3 Å². The van der Waals surface area contributed by atoms with Gasteiger partial charge < -0.3 is 14.6 Å². The summed E-state index contributed by atoms with van der Waals surface area (Å²) in [5, 5.41) is 6.69. The van der Waals surface area contributed by atoms with Crippen LogP contribution < -0.4 is 5.32 Å². The van der Waals surface area contributed by atoms with Gasteiger partial charge in [0, 0.05) is 21.9 Å². The van der Waals surface area contributed by atoms with Gasteiger partial charge in [0.1, 0.15) is 5.76 Å². The van der Waals surface area contributed by atoms with E-state index < -0.39 is 12.1 Å². The maximum Gasteiger partial charge on any atom is 0.340 e. The molecule has 0 saturated carbocycles. The topological polar surface area (TPSA) is 81.4 Å². The summed E-state index contributed by atoms with van der Waals surface area (Å²) in [5.41, 5.74) is 2.91. The predicted molar refractivity (Wildman–Crippen MR) is 112 cm³/mol. The number of hydrogen-bond donors (Lipinski definition) is 1. The summed E-state index contributed by atoms with van der Waals surface area (Å²) in [4.78, 5) is 25.8. The number of benzene rings is 2. The summed E-state index contributed by atoms with van der Waals surface area (Å²) in [6.07, 6.45) is -0.927. The third-order valence-electron chi connectivity index (χ3n) is 4.35. The maximum atomic E-state index is 12.7. The van der Waals surface area contributed by atoms with Crippen molar-refractivity contribution in [1.82, 2.24) is 5.16 Å². The minimum Gasteiger partial charge on any atom is -0.449 e. The Bertz CT molecular complexity index is 982. The van der Waals surface area contributed by atoms with E-state index in [-0.39, 0.29) is 5.91 Å². The first-order valence-corrected chi connectivity index (χ1v) is 10.1. The summed E-state index contributed by atoms with van der Waals surface area (Å²) < 4.78 is 10.6. The van der Waals surface area contributed by atoms with Crippen molar-refractivity contribution < 1.29 is 18.8 Å². The molecule has 0 aliphatic carbocycles. The van der Waals surface area contributed by atoms with Gasteiger partial charge in [-0.2, -0.15) is 0 Å². The van der Waals surface area contributed by atoms with Crippen molar-refractivity contribution in [1.29, 1.82) is 0 Å². The fourth-order valence-corrected chi connectivity index (χ4v) is 3.86. The van der Waals surface area contributed by atoms with Crippen LogP contribution in [0.25, 0.3) is 0 Å². The zero-order valence-corrected chi connectivity index (χ0v) is 17.3. The van der Waals surface area contributed by atoms with Gasteiger partial charge in [0.15, 0.2) is 6.10 Å². The van der Waals surface area contributed by atoms with Crippen molar-refractivity contribution in [2.45, 2.75) is 37.5 Å². The van der Waals surface area contributed by atoms with Crippen molar-refractivity contribution in [2.24, 2.45) is 0 Å². The molecule has 1 N–H and O–H groups in total. The highest BCUT2D eigenvalue weighted by Gasteiger charge is 2.21. The van der Waals surface area contributed by atoms with E-state index in [0.717, 1.165) is 21.9 Å². The molecule has 150 valence electrons. The SMILES string of the molecule is Cc1noc(C)c1CSc1ccccc1C(=O)O[C@@H](C)C(=O)Nc1ccccc1. The largest absolute Gasteiger partial charge is 0.449 e. The molecule has 0 bridgehead atoms. The minimum atomic E-state index is -0.927. The van der Waals surface area contributed by atoms with Gasteiger partial charge >= 0.3 is 5.97 Å². The molecule has 3 rings (SSSR count). The number of esters is 1. The van der Waals surface area contributed by atoms with E-state index in [2.05, 4.69) is 10.5 Å². The molecule has 7 heteroatoms. The Morgan fingerprint density at radius 1 is 1.10 bits per heavy atom. The number of aromatic nitrogens is 1. The molecule has 0 radical (unpaired) electrons. The Labute approximate surface area is 173 Å². The van der Waals surface area contributed by atoms with Crippen LogP contribution in [0, 0.1) is 13.8 Å². The first-order valence-electron chi connectivity index (χ1n) is 9.16. The Balaban J connectivity index is 1.65. The summed E-state index contributed by atoms with van der Waals surface area (Å²) in [7, 11) is 0. The first kappa shape index (κ1) is 20.7. The lowest BCUT2D eigenvalue weighted by atomic mass is 10.2. The number of anilines is 1. The molecule has 3 aromatic rings. The lowest BCUT2D eigenvalue weighted by Crippen LogP contribution is -2.30. The molecule has 1 heterocycles. The number of nitrogens with one attached hydrogen (secondary N) is 1. The standard InChI is InChI=1S/C22H22N2O4S/c1-14-19(15(2)28-24-14)13-29-20-12-8-7-11-18(20)22(26)27-16(3)21(25)23-17-9-5-4-6-10-17/h4-12,16H,13H2,1-3H3,(H,23,25)/t16-/m0/s1. The second-order valence-corrected chi connectivity index (χ2v) is 7.51. The molecular weight excluding hydrogens is 388 g/mol. The minimum absolute atomic E-state index is 0.384. The van der Waals surface area contributed by atoms with Crippen LogP contribution in [-0.2, 0) is 15.3 Å². The highest BCUT2D eigenvalue weighted by molar-refractivity contribution is 7.98. The molecule has 0 aliphatic rings. The Hall–Kier alpha value is -3.06. The molecule has 6 nitrogen and oxygen atoms in total. The van der Waals surface area contributed by atoms with E-state index in [9.17, 15) is 9.59 Å². The van der Waals surface area contributed by atoms with Crippen molar-refractivity contribution in [3.05, 3.63) is 77.2 Å². The number of ether oxygens (including phenoxy) is 1. The van der Waals surface area contributed by atoms with Crippen LogP contribution in [-0.4, -0.2) is 23.1 Å². The molecule has 0 aliphatic heterocycles. The summed E-state index contributed by atoms with van der Waals surface area (Å²) in [6, 6.07) is 16.2. The summed E-state index contributed by atoms with van der Waals surface area (Å²) in [6.45, 7) is 5.30. The number of carbonyl (C=O) groups is 2. The van der Waals surface area contributed by atoms with Crippen molar-refractivity contribution in [3.8, 4) is 0 Å². The van der Waals surface area contributed by atoms with Crippen LogP contribution in [0.5, 0.6) is 0 Å². The van der Waals surface area contributed by atoms with Crippen LogP contribution in [0.2, 0.25) is 0 Å². The molecule has 0 unspecified atom stereocenters. The zero-order valence-electron chi connectivity index (χ0n) is 16.5. The van der Waals surface area contributed by atoms with E-state index in [1.165, 1.54) is 11.8 Å². The lowest BCUT2D eigenvalue weighted by molar-refractivity contribution is -0.123. The number of carbonyl (C=O) groups excluding carboxylic acids is 2. The highest BCUT2D eigenvalue weighted by Crippen LogP contribution is 2.29. The van der Waals surface area contributed by atoms with E-state index in [0.29, 0.717) is 17.0 Å². The van der Waals surface area contributed by atoms with Gasteiger partial charge in [-0.1, -0.05) is 35.5 Å². The number of rotatable bonds is 7. The number of aryl methyl sites for hydroxylation is 2. The molecule has 1 aromatic heterocycles. The lowest BCUT2D eigenvalue weighted by Gasteiger charge is -2.15. The Morgan fingerprint density at radius 3 is 2.48 bits per heavy atom. The van der Waals surface area contributed by atoms with Crippen molar-refractivity contribution in [3.63, 3.8) is 0 Å². The van der Waals surface area contributed by atoms with Crippen LogP contribution in [0.4, 0.5) is 5.69 Å². The van der Waals surface area contributed by atoms with Gasteiger partial charge in [0.25, 0.3) is 5.91 Å². The van der Waals surface area contributed by atoms with E-state index >= 15 is 0 Å².